The van der Waals surface area contributed by atoms with Crippen LogP contribution in [0.4, 0.5) is 0 Å². The van der Waals surface area contributed by atoms with Gasteiger partial charge in [-0.25, -0.2) is 0 Å². The van der Waals surface area contributed by atoms with Crippen LogP contribution in [-0.2, 0) is 16.0 Å². The Kier molecular flexibility index (Phi) is 5.75. The zero-order chi connectivity index (χ0) is 15.1. The topological polar surface area (TPSA) is 70.2 Å². The van der Waals surface area contributed by atoms with Crippen molar-refractivity contribution in [2.24, 2.45) is 0 Å². The predicted molar refractivity (Wildman–Crippen MR) is 81.9 cm³/mol. The van der Waals surface area contributed by atoms with E-state index in [-0.39, 0.29) is 24.4 Å². The minimum atomic E-state index is -0.118. The van der Waals surface area contributed by atoms with Gasteiger partial charge in [0, 0.05) is 19.0 Å². The van der Waals surface area contributed by atoms with Gasteiger partial charge in [-0.2, -0.15) is 0 Å². The van der Waals surface area contributed by atoms with Gasteiger partial charge >= 0.3 is 0 Å². The minimum absolute atomic E-state index is 0.0588. The number of amides is 2. The highest BCUT2D eigenvalue weighted by atomic mass is 16.2. The number of rotatable bonds is 6. The molecule has 3 N–H and O–H groups in total. The molecule has 1 aromatic rings. The molecule has 5 heteroatoms. The monoisotopic (exact) mass is 289 g/mol. The highest BCUT2D eigenvalue weighted by Gasteiger charge is 2.16. The number of hydrogen-bond acceptors (Lipinski definition) is 3. The van der Waals surface area contributed by atoms with Gasteiger partial charge in [0.05, 0.1) is 6.54 Å². The summed E-state index contributed by atoms with van der Waals surface area (Å²) >= 11 is 0. The van der Waals surface area contributed by atoms with Crippen LogP contribution in [0.3, 0.4) is 0 Å². The van der Waals surface area contributed by atoms with Crippen molar-refractivity contribution in [2.75, 3.05) is 19.6 Å². The number of nitrogens with one attached hydrogen (secondary N) is 3. The lowest BCUT2D eigenvalue weighted by atomic mass is 10.1. The maximum atomic E-state index is 11.7. The molecule has 2 rings (SSSR count). The summed E-state index contributed by atoms with van der Waals surface area (Å²) in [6, 6.07) is 8.33. The Balaban J connectivity index is 1.62. The smallest absolute Gasteiger partial charge is 0.239 e. The Bertz CT molecular complexity index is 479. The fourth-order valence-corrected chi connectivity index (χ4v) is 2.34. The Hall–Kier alpha value is -1.88. The number of benzene rings is 1. The molecule has 1 atom stereocenters. The van der Waals surface area contributed by atoms with E-state index < -0.39 is 0 Å². The van der Waals surface area contributed by atoms with E-state index in [1.807, 2.05) is 31.2 Å². The van der Waals surface area contributed by atoms with Crippen molar-refractivity contribution in [3.05, 3.63) is 35.4 Å². The molecule has 1 fully saturated rings. The second-order valence-electron chi connectivity index (χ2n) is 5.52. The van der Waals surface area contributed by atoms with E-state index in [2.05, 4.69) is 16.0 Å². The lowest BCUT2D eigenvalue weighted by molar-refractivity contribution is -0.126. The lowest BCUT2D eigenvalue weighted by Gasteiger charge is -2.11. The molecule has 0 saturated carbocycles. The number of carbonyl (C=O) groups excluding carboxylic acids is 2. The van der Waals surface area contributed by atoms with Gasteiger partial charge in [-0.1, -0.05) is 29.8 Å². The van der Waals surface area contributed by atoms with Gasteiger partial charge in [-0.15, -0.1) is 0 Å². The van der Waals surface area contributed by atoms with Crippen molar-refractivity contribution in [2.45, 2.75) is 32.2 Å². The Morgan fingerprint density at radius 2 is 2.00 bits per heavy atom. The summed E-state index contributed by atoms with van der Waals surface area (Å²) in [6.45, 7) is 3.85. The van der Waals surface area contributed by atoms with Crippen molar-refractivity contribution in [1.29, 1.82) is 0 Å². The lowest BCUT2D eigenvalue weighted by Crippen LogP contribution is -2.42. The molecule has 1 saturated heterocycles. The maximum Gasteiger partial charge on any atom is 0.239 e. The fourth-order valence-electron chi connectivity index (χ4n) is 2.34. The molecule has 0 bridgehead atoms. The number of aryl methyl sites for hydroxylation is 2. The molecule has 2 amide bonds. The molecule has 1 unspecified atom stereocenters. The fraction of sp³-hybridized carbons (Fsp3) is 0.500. The molecule has 0 aromatic heterocycles. The molecule has 0 spiro atoms. The second kappa shape index (κ2) is 7.78. The van der Waals surface area contributed by atoms with Crippen LogP contribution in [0.25, 0.3) is 0 Å². The van der Waals surface area contributed by atoms with Crippen LogP contribution in [-0.4, -0.2) is 37.5 Å². The van der Waals surface area contributed by atoms with Gasteiger partial charge in [0.25, 0.3) is 0 Å². The summed E-state index contributed by atoms with van der Waals surface area (Å²) in [7, 11) is 0. The van der Waals surface area contributed by atoms with Crippen LogP contribution in [0.15, 0.2) is 24.3 Å². The van der Waals surface area contributed by atoms with E-state index in [4.69, 9.17) is 0 Å². The van der Waals surface area contributed by atoms with Crippen molar-refractivity contribution in [3.8, 4) is 0 Å². The van der Waals surface area contributed by atoms with Crippen LogP contribution in [0.5, 0.6) is 0 Å². The van der Waals surface area contributed by atoms with Gasteiger partial charge in [0.1, 0.15) is 0 Å². The zero-order valence-corrected chi connectivity index (χ0v) is 12.4. The summed E-state index contributed by atoms with van der Waals surface area (Å²) in [6.07, 6.45) is 2.05. The van der Waals surface area contributed by atoms with E-state index in [1.165, 1.54) is 5.56 Å². The average Bonchev–Trinajstić information content (AvgIpc) is 2.97. The molecule has 1 aliphatic rings. The summed E-state index contributed by atoms with van der Waals surface area (Å²) < 4.78 is 0. The molecular formula is C16H23N3O2. The highest BCUT2D eigenvalue weighted by Crippen LogP contribution is 2.05. The molecule has 5 nitrogen and oxygen atoms in total. The Labute approximate surface area is 125 Å². The van der Waals surface area contributed by atoms with Crippen molar-refractivity contribution < 1.29 is 9.59 Å². The SMILES string of the molecule is Cc1ccc(CCC(=O)NCC(=O)NC2CCNC2)cc1. The molecule has 21 heavy (non-hydrogen) atoms. The zero-order valence-electron chi connectivity index (χ0n) is 12.4. The third-order valence-electron chi connectivity index (χ3n) is 3.63. The second-order valence-corrected chi connectivity index (χ2v) is 5.52. The van der Waals surface area contributed by atoms with Crippen molar-refractivity contribution >= 4 is 11.8 Å². The molecule has 1 heterocycles. The summed E-state index contributed by atoms with van der Waals surface area (Å²) in [5.41, 5.74) is 2.35. The van der Waals surface area contributed by atoms with Gasteiger partial charge in [-0.05, 0) is 31.9 Å². The highest BCUT2D eigenvalue weighted by molar-refractivity contribution is 5.84. The van der Waals surface area contributed by atoms with Crippen LogP contribution < -0.4 is 16.0 Å². The first-order valence-electron chi connectivity index (χ1n) is 7.46. The normalized spacial score (nSPS) is 17.5. The molecule has 0 aliphatic carbocycles. The number of hydrogen-bond donors (Lipinski definition) is 3. The van der Waals surface area contributed by atoms with Crippen molar-refractivity contribution in [1.82, 2.24) is 16.0 Å². The van der Waals surface area contributed by atoms with E-state index >= 15 is 0 Å². The van der Waals surface area contributed by atoms with Crippen LogP contribution in [0.1, 0.15) is 24.0 Å². The van der Waals surface area contributed by atoms with Gasteiger partial charge < -0.3 is 16.0 Å². The van der Waals surface area contributed by atoms with Gasteiger partial charge in [0.15, 0.2) is 0 Å². The standard InChI is InChI=1S/C16H23N3O2/c1-12-2-4-13(5-3-12)6-7-15(20)18-11-16(21)19-14-8-9-17-10-14/h2-5,14,17H,6-11H2,1H3,(H,18,20)(H,19,21). The summed E-state index contributed by atoms with van der Waals surface area (Å²) in [5, 5.41) is 8.75. The first-order chi connectivity index (χ1) is 10.1. The van der Waals surface area contributed by atoms with Crippen molar-refractivity contribution in [3.63, 3.8) is 0 Å². The number of carbonyl (C=O) groups is 2. The molecule has 0 radical (unpaired) electrons. The molecule has 114 valence electrons. The van der Waals surface area contributed by atoms with E-state index in [9.17, 15) is 9.59 Å². The molecule has 1 aromatic carbocycles. The van der Waals surface area contributed by atoms with E-state index in [0.717, 1.165) is 25.1 Å². The summed E-state index contributed by atoms with van der Waals surface area (Å²) in [5.74, 6) is -0.206. The molecule has 1 aliphatic heterocycles. The largest absolute Gasteiger partial charge is 0.351 e. The summed E-state index contributed by atoms with van der Waals surface area (Å²) in [4.78, 5) is 23.4. The van der Waals surface area contributed by atoms with E-state index in [0.29, 0.717) is 12.8 Å². The van der Waals surface area contributed by atoms with E-state index in [1.54, 1.807) is 0 Å². The average molecular weight is 289 g/mol. The van der Waals surface area contributed by atoms with Gasteiger partial charge in [0.2, 0.25) is 11.8 Å². The third-order valence-corrected chi connectivity index (χ3v) is 3.63. The predicted octanol–water partition coefficient (Wildman–Crippen LogP) is 0.522. The minimum Gasteiger partial charge on any atom is -0.351 e. The third kappa shape index (κ3) is 5.55. The van der Waals surface area contributed by atoms with Gasteiger partial charge in [-0.3, -0.25) is 9.59 Å². The quantitative estimate of drug-likeness (QED) is 0.715. The Morgan fingerprint density at radius 1 is 1.24 bits per heavy atom. The molecular weight excluding hydrogens is 266 g/mol. The van der Waals surface area contributed by atoms with Crippen LogP contribution in [0.2, 0.25) is 0 Å². The van der Waals surface area contributed by atoms with Crippen LogP contribution in [0, 0.1) is 6.92 Å². The van der Waals surface area contributed by atoms with Crippen LogP contribution >= 0.6 is 0 Å². The first-order valence-corrected chi connectivity index (χ1v) is 7.46. The Morgan fingerprint density at radius 3 is 2.67 bits per heavy atom. The maximum absolute atomic E-state index is 11.7. The first kappa shape index (κ1) is 15.5.